The lowest BCUT2D eigenvalue weighted by Gasteiger charge is -2.31. The van der Waals surface area contributed by atoms with Crippen LogP contribution in [0, 0.1) is 5.92 Å². The molecule has 0 aromatic carbocycles. The van der Waals surface area contributed by atoms with E-state index in [0.29, 0.717) is 6.04 Å². The van der Waals surface area contributed by atoms with Gasteiger partial charge >= 0.3 is 6.09 Å². The Morgan fingerprint density at radius 1 is 1.29 bits per heavy atom. The number of alkyl carbamates (subject to hydrolysis) is 1. The van der Waals surface area contributed by atoms with Crippen molar-refractivity contribution in [1.29, 1.82) is 0 Å². The molecule has 1 heterocycles. The molecule has 1 saturated heterocycles. The van der Waals surface area contributed by atoms with Crippen molar-refractivity contribution in [2.75, 3.05) is 6.54 Å². The average Bonchev–Trinajstić information content (AvgIpc) is 2.97. The van der Waals surface area contributed by atoms with Gasteiger partial charge in [0.2, 0.25) is 0 Å². The number of ether oxygens (including phenoxy) is 1. The lowest BCUT2D eigenvalue weighted by atomic mass is 9.96. The number of nitrogens with one attached hydrogen (secondary N) is 2. The van der Waals surface area contributed by atoms with Crippen LogP contribution in [0.15, 0.2) is 0 Å². The Labute approximate surface area is 103 Å². The fourth-order valence-electron chi connectivity index (χ4n) is 2.41. The van der Waals surface area contributed by atoms with E-state index in [1.54, 1.807) is 0 Å². The predicted molar refractivity (Wildman–Crippen MR) is 66.9 cm³/mol. The molecule has 2 fully saturated rings. The summed E-state index contributed by atoms with van der Waals surface area (Å²) < 4.78 is 5.28. The second kappa shape index (κ2) is 4.84. The SMILES string of the molecule is CC(C)(C)OC(=O)NC1CCNC(C2CC2)C1. The number of amides is 1. The van der Waals surface area contributed by atoms with Crippen LogP contribution in [0.3, 0.4) is 0 Å². The quantitative estimate of drug-likeness (QED) is 0.776. The maximum absolute atomic E-state index is 11.7. The average molecular weight is 240 g/mol. The van der Waals surface area contributed by atoms with Crippen LogP contribution >= 0.6 is 0 Å². The zero-order valence-electron chi connectivity index (χ0n) is 11.1. The van der Waals surface area contributed by atoms with E-state index in [1.807, 2.05) is 20.8 Å². The van der Waals surface area contributed by atoms with Crippen LogP contribution in [0.4, 0.5) is 4.79 Å². The maximum atomic E-state index is 11.7. The molecule has 1 aliphatic carbocycles. The van der Waals surface area contributed by atoms with Gasteiger partial charge in [-0.15, -0.1) is 0 Å². The van der Waals surface area contributed by atoms with Gasteiger partial charge < -0.3 is 15.4 Å². The highest BCUT2D eigenvalue weighted by Gasteiger charge is 2.35. The van der Waals surface area contributed by atoms with Gasteiger partial charge in [-0.3, -0.25) is 0 Å². The molecule has 2 N–H and O–H groups in total. The number of hydrogen-bond acceptors (Lipinski definition) is 3. The van der Waals surface area contributed by atoms with Crippen molar-refractivity contribution in [3.63, 3.8) is 0 Å². The van der Waals surface area contributed by atoms with Crippen LogP contribution in [0.25, 0.3) is 0 Å². The van der Waals surface area contributed by atoms with Gasteiger partial charge in [-0.1, -0.05) is 0 Å². The zero-order valence-corrected chi connectivity index (χ0v) is 11.1. The standard InChI is InChI=1S/C13H24N2O2/c1-13(2,3)17-12(16)15-10-6-7-14-11(8-10)9-4-5-9/h9-11,14H,4-8H2,1-3H3,(H,15,16). The molecule has 0 bridgehead atoms. The molecule has 2 aliphatic rings. The van der Waals surface area contributed by atoms with E-state index < -0.39 is 5.60 Å². The van der Waals surface area contributed by atoms with Crippen molar-refractivity contribution in [3.05, 3.63) is 0 Å². The second-order valence-corrected chi connectivity index (χ2v) is 6.27. The fourth-order valence-corrected chi connectivity index (χ4v) is 2.41. The molecule has 1 saturated carbocycles. The summed E-state index contributed by atoms with van der Waals surface area (Å²) in [4.78, 5) is 11.7. The van der Waals surface area contributed by atoms with Crippen molar-refractivity contribution in [2.45, 2.75) is 64.1 Å². The summed E-state index contributed by atoms with van der Waals surface area (Å²) in [5.41, 5.74) is -0.410. The third-order valence-electron chi connectivity index (χ3n) is 3.35. The maximum Gasteiger partial charge on any atom is 0.407 e. The Bertz CT molecular complexity index is 282. The van der Waals surface area contributed by atoms with E-state index in [-0.39, 0.29) is 12.1 Å². The van der Waals surface area contributed by atoms with Crippen molar-refractivity contribution < 1.29 is 9.53 Å². The summed E-state index contributed by atoms with van der Waals surface area (Å²) in [6.45, 7) is 6.67. The first kappa shape index (κ1) is 12.7. The summed E-state index contributed by atoms with van der Waals surface area (Å²) in [6, 6.07) is 0.875. The van der Waals surface area contributed by atoms with E-state index in [2.05, 4.69) is 10.6 Å². The molecular formula is C13H24N2O2. The topological polar surface area (TPSA) is 50.4 Å². The first-order chi connectivity index (χ1) is 7.94. The van der Waals surface area contributed by atoms with Gasteiger partial charge in [-0.2, -0.15) is 0 Å². The van der Waals surface area contributed by atoms with Crippen LogP contribution in [0.2, 0.25) is 0 Å². The van der Waals surface area contributed by atoms with Crippen LogP contribution in [0.1, 0.15) is 46.5 Å². The van der Waals surface area contributed by atoms with Gasteiger partial charge in [0.1, 0.15) is 5.60 Å². The molecule has 98 valence electrons. The molecule has 1 amide bonds. The minimum atomic E-state index is -0.410. The van der Waals surface area contributed by atoms with E-state index in [0.717, 1.165) is 25.3 Å². The number of hydrogen-bond donors (Lipinski definition) is 2. The lowest BCUT2D eigenvalue weighted by Crippen LogP contribution is -2.49. The number of rotatable bonds is 2. The Balaban J connectivity index is 1.76. The number of carbonyl (C=O) groups is 1. The van der Waals surface area contributed by atoms with Gasteiger partial charge in [0.05, 0.1) is 0 Å². The zero-order chi connectivity index (χ0) is 12.5. The van der Waals surface area contributed by atoms with Crippen LogP contribution < -0.4 is 10.6 Å². The summed E-state index contributed by atoms with van der Waals surface area (Å²) in [5, 5.41) is 6.53. The molecular weight excluding hydrogens is 216 g/mol. The van der Waals surface area contributed by atoms with E-state index in [4.69, 9.17) is 4.74 Å². The monoisotopic (exact) mass is 240 g/mol. The minimum absolute atomic E-state index is 0.275. The summed E-state index contributed by atoms with van der Waals surface area (Å²) in [7, 11) is 0. The minimum Gasteiger partial charge on any atom is -0.444 e. The second-order valence-electron chi connectivity index (χ2n) is 6.27. The Morgan fingerprint density at radius 3 is 2.59 bits per heavy atom. The first-order valence-electron chi connectivity index (χ1n) is 6.67. The van der Waals surface area contributed by atoms with E-state index >= 15 is 0 Å². The smallest absolute Gasteiger partial charge is 0.407 e. The Kier molecular flexibility index (Phi) is 3.61. The van der Waals surface area contributed by atoms with Crippen LogP contribution in [-0.4, -0.2) is 30.3 Å². The first-order valence-corrected chi connectivity index (χ1v) is 6.67. The van der Waals surface area contributed by atoms with E-state index in [9.17, 15) is 4.79 Å². The molecule has 1 aliphatic heterocycles. The number of piperidine rings is 1. The number of carbonyl (C=O) groups excluding carboxylic acids is 1. The normalized spacial score (nSPS) is 29.8. The highest BCUT2D eigenvalue weighted by molar-refractivity contribution is 5.68. The Hall–Kier alpha value is -0.770. The molecule has 0 spiro atoms. The molecule has 17 heavy (non-hydrogen) atoms. The summed E-state index contributed by atoms with van der Waals surface area (Å²) in [6.07, 6.45) is 4.46. The fraction of sp³-hybridized carbons (Fsp3) is 0.923. The molecule has 0 radical (unpaired) electrons. The molecule has 2 atom stereocenters. The van der Waals surface area contributed by atoms with Gasteiger partial charge in [-0.05, 0) is 58.9 Å². The molecule has 2 rings (SSSR count). The largest absolute Gasteiger partial charge is 0.444 e. The molecule has 0 aromatic rings. The van der Waals surface area contributed by atoms with Crippen molar-refractivity contribution in [2.24, 2.45) is 5.92 Å². The van der Waals surface area contributed by atoms with E-state index in [1.165, 1.54) is 12.8 Å². The molecule has 0 aromatic heterocycles. The molecule has 4 nitrogen and oxygen atoms in total. The van der Waals surface area contributed by atoms with Crippen molar-refractivity contribution >= 4 is 6.09 Å². The van der Waals surface area contributed by atoms with Gasteiger partial charge in [-0.25, -0.2) is 4.79 Å². The van der Waals surface area contributed by atoms with Gasteiger partial charge in [0.25, 0.3) is 0 Å². The third kappa shape index (κ3) is 4.19. The van der Waals surface area contributed by atoms with Crippen LogP contribution in [-0.2, 0) is 4.74 Å². The van der Waals surface area contributed by atoms with Crippen molar-refractivity contribution in [3.8, 4) is 0 Å². The highest BCUT2D eigenvalue weighted by atomic mass is 16.6. The third-order valence-corrected chi connectivity index (χ3v) is 3.35. The Morgan fingerprint density at radius 2 is 2.00 bits per heavy atom. The van der Waals surface area contributed by atoms with Crippen molar-refractivity contribution in [1.82, 2.24) is 10.6 Å². The predicted octanol–water partition coefficient (Wildman–Crippen LogP) is 2.04. The summed E-state index contributed by atoms with van der Waals surface area (Å²) in [5.74, 6) is 0.846. The molecule has 2 unspecified atom stereocenters. The van der Waals surface area contributed by atoms with Gasteiger partial charge in [0, 0.05) is 12.1 Å². The highest BCUT2D eigenvalue weighted by Crippen LogP contribution is 2.35. The van der Waals surface area contributed by atoms with Gasteiger partial charge in [0.15, 0.2) is 0 Å². The van der Waals surface area contributed by atoms with Crippen LogP contribution in [0.5, 0.6) is 0 Å². The lowest BCUT2D eigenvalue weighted by molar-refractivity contribution is 0.0488. The molecule has 4 heteroatoms. The summed E-state index contributed by atoms with van der Waals surface area (Å²) >= 11 is 0.